The van der Waals surface area contributed by atoms with Crippen LogP contribution < -0.4 is 0 Å². The van der Waals surface area contributed by atoms with Crippen LogP contribution in [-0.4, -0.2) is 20.5 Å². The predicted octanol–water partition coefficient (Wildman–Crippen LogP) is 4.48. The number of aromatic nitrogens is 2. The predicted molar refractivity (Wildman–Crippen MR) is 99.2 cm³/mol. The Morgan fingerprint density at radius 3 is 2.42 bits per heavy atom. The zero-order valence-electron chi connectivity index (χ0n) is 14.3. The van der Waals surface area contributed by atoms with E-state index in [0.717, 1.165) is 17.0 Å². The summed E-state index contributed by atoms with van der Waals surface area (Å²) < 4.78 is 1.51. The molecule has 0 radical (unpaired) electrons. The van der Waals surface area contributed by atoms with E-state index >= 15 is 0 Å². The average Bonchev–Trinajstić information content (AvgIpc) is 2.94. The monoisotopic (exact) mass is 369 g/mol. The van der Waals surface area contributed by atoms with Gasteiger partial charge in [0.25, 0.3) is 5.69 Å². The van der Waals surface area contributed by atoms with E-state index in [9.17, 15) is 14.9 Å². The fourth-order valence-electron chi connectivity index (χ4n) is 2.78. The lowest BCUT2D eigenvalue weighted by Gasteiger charge is -2.08. The van der Waals surface area contributed by atoms with E-state index in [0.29, 0.717) is 10.7 Å². The maximum atomic E-state index is 12.5. The third-order valence-electron chi connectivity index (χ3n) is 4.01. The van der Waals surface area contributed by atoms with E-state index in [1.165, 1.54) is 10.7 Å². The van der Waals surface area contributed by atoms with Crippen LogP contribution in [0.3, 0.4) is 0 Å². The molecule has 0 N–H and O–H groups in total. The Morgan fingerprint density at radius 1 is 1.15 bits per heavy atom. The highest BCUT2D eigenvalue weighted by Gasteiger charge is 2.20. The van der Waals surface area contributed by atoms with Crippen LogP contribution in [0.25, 0.3) is 5.69 Å². The molecule has 0 saturated carbocycles. The van der Waals surface area contributed by atoms with Gasteiger partial charge >= 0.3 is 0 Å². The van der Waals surface area contributed by atoms with Gasteiger partial charge in [-0.05, 0) is 49.7 Å². The van der Waals surface area contributed by atoms with Crippen LogP contribution in [0.4, 0.5) is 5.69 Å². The largest absolute Gasteiger partial charge is 0.295 e. The van der Waals surface area contributed by atoms with Crippen molar-refractivity contribution in [2.45, 2.75) is 20.3 Å². The standard InChI is InChI=1S/C19H16ClN3O3/c1-12-9-13(2)22(21-12)17-8-5-15(11-18(17)23(25)26)19(24)10-14-3-6-16(20)7-4-14/h3-9,11H,10H2,1-2H3. The molecular weight excluding hydrogens is 354 g/mol. The highest BCUT2D eigenvalue weighted by Crippen LogP contribution is 2.26. The molecule has 0 aliphatic carbocycles. The van der Waals surface area contributed by atoms with Gasteiger partial charge in [0, 0.05) is 28.8 Å². The molecule has 132 valence electrons. The molecule has 3 rings (SSSR count). The van der Waals surface area contributed by atoms with Gasteiger partial charge in [-0.2, -0.15) is 5.10 Å². The summed E-state index contributed by atoms with van der Waals surface area (Å²) in [4.78, 5) is 23.5. The van der Waals surface area contributed by atoms with E-state index in [1.54, 1.807) is 36.4 Å². The number of ketones is 1. The van der Waals surface area contributed by atoms with Crippen LogP contribution in [-0.2, 0) is 6.42 Å². The molecule has 3 aromatic rings. The normalized spacial score (nSPS) is 10.7. The maximum Gasteiger partial charge on any atom is 0.295 e. The summed E-state index contributed by atoms with van der Waals surface area (Å²) in [5.74, 6) is -0.199. The van der Waals surface area contributed by atoms with Crippen molar-refractivity contribution in [3.05, 3.63) is 86.2 Å². The molecule has 1 heterocycles. The van der Waals surface area contributed by atoms with Gasteiger partial charge in [0.15, 0.2) is 5.78 Å². The van der Waals surface area contributed by atoms with Gasteiger partial charge in [0.05, 0.1) is 10.6 Å². The molecule has 6 nitrogen and oxygen atoms in total. The molecule has 0 spiro atoms. The first-order chi connectivity index (χ1) is 12.3. The number of rotatable bonds is 5. The number of benzene rings is 2. The van der Waals surface area contributed by atoms with Gasteiger partial charge in [-0.1, -0.05) is 23.7 Å². The lowest BCUT2D eigenvalue weighted by Crippen LogP contribution is -2.08. The van der Waals surface area contributed by atoms with Crippen molar-refractivity contribution in [2.24, 2.45) is 0 Å². The Labute approximate surface area is 155 Å². The number of nitrogens with zero attached hydrogens (tertiary/aromatic N) is 3. The SMILES string of the molecule is Cc1cc(C)n(-c2ccc(C(=O)Cc3ccc(Cl)cc3)cc2[N+](=O)[O-])n1. The van der Waals surface area contributed by atoms with Crippen molar-refractivity contribution >= 4 is 23.1 Å². The minimum Gasteiger partial charge on any atom is -0.294 e. The third kappa shape index (κ3) is 3.65. The molecule has 0 aliphatic heterocycles. The lowest BCUT2D eigenvalue weighted by molar-refractivity contribution is -0.384. The van der Waals surface area contributed by atoms with Crippen molar-refractivity contribution in [1.82, 2.24) is 9.78 Å². The summed E-state index contributed by atoms with van der Waals surface area (Å²) >= 11 is 5.84. The van der Waals surface area contributed by atoms with Crippen molar-refractivity contribution in [3.63, 3.8) is 0 Å². The molecule has 1 aromatic heterocycles. The first-order valence-electron chi connectivity index (χ1n) is 7.95. The van der Waals surface area contributed by atoms with Crippen molar-refractivity contribution in [1.29, 1.82) is 0 Å². The van der Waals surface area contributed by atoms with Gasteiger partial charge in [-0.15, -0.1) is 0 Å². The minimum atomic E-state index is -0.495. The first-order valence-corrected chi connectivity index (χ1v) is 8.32. The first kappa shape index (κ1) is 17.8. The second kappa shape index (κ2) is 7.09. The Balaban J connectivity index is 1.95. The number of aryl methyl sites for hydroxylation is 2. The second-order valence-electron chi connectivity index (χ2n) is 6.03. The molecule has 0 bridgehead atoms. The number of halogens is 1. The third-order valence-corrected chi connectivity index (χ3v) is 4.26. The zero-order valence-corrected chi connectivity index (χ0v) is 15.0. The number of Topliss-reactive ketones (excluding diaryl/α,β-unsaturated/α-hetero) is 1. The van der Waals surface area contributed by atoms with Gasteiger partial charge in [-0.25, -0.2) is 4.68 Å². The fourth-order valence-corrected chi connectivity index (χ4v) is 2.91. The van der Waals surface area contributed by atoms with Gasteiger partial charge in [-0.3, -0.25) is 14.9 Å². The molecule has 0 unspecified atom stereocenters. The van der Waals surface area contributed by atoms with Crippen LogP contribution in [0.1, 0.15) is 27.3 Å². The number of nitro benzene ring substituents is 1. The van der Waals surface area contributed by atoms with Crippen molar-refractivity contribution in [2.75, 3.05) is 0 Å². The molecule has 7 heteroatoms. The number of nitro groups is 1. The Bertz CT molecular complexity index is 994. The van der Waals surface area contributed by atoms with E-state index in [1.807, 2.05) is 19.9 Å². The molecule has 0 amide bonds. The summed E-state index contributed by atoms with van der Waals surface area (Å²) in [5.41, 5.74) is 2.81. The minimum absolute atomic E-state index is 0.146. The van der Waals surface area contributed by atoms with Crippen LogP contribution in [0.2, 0.25) is 5.02 Å². The summed E-state index contributed by atoms with van der Waals surface area (Å²) in [7, 11) is 0. The number of hydrogen-bond donors (Lipinski definition) is 0. The fraction of sp³-hybridized carbons (Fsp3) is 0.158. The molecule has 26 heavy (non-hydrogen) atoms. The quantitative estimate of drug-likeness (QED) is 0.377. The Hall–Kier alpha value is -2.99. The highest BCUT2D eigenvalue weighted by molar-refractivity contribution is 6.30. The number of carbonyl (C=O) groups excluding carboxylic acids is 1. The second-order valence-corrected chi connectivity index (χ2v) is 6.46. The van der Waals surface area contributed by atoms with Gasteiger partial charge < -0.3 is 0 Å². The van der Waals surface area contributed by atoms with Gasteiger partial charge in [0.1, 0.15) is 5.69 Å². The van der Waals surface area contributed by atoms with Crippen molar-refractivity contribution < 1.29 is 9.72 Å². The highest BCUT2D eigenvalue weighted by atomic mass is 35.5. The number of hydrogen-bond acceptors (Lipinski definition) is 4. The van der Waals surface area contributed by atoms with Crippen LogP contribution in [0.5, 0.6) is 0 Å². The summed E-state index contributed by atoms with van der Waals surface area (Å²) in [5, 5.41) is 16.4. The molecule has 2 aromatic carbocycles. The van der Waals surface area contributed by atoms with Crippen LogP contribution in [0, 0.1) is 24.0 Å². The van der Waals surface area contributed by atoms with E-state index in [-0.39, 0.29) is 23.5 Å². The van der Waals surface area contributed by atoms with Crippen LogP contribution in [0.15, 0.2) is 48.5 Å². The maximum absolute atomic E-state index is 12.5. The average molecular weight is 370 g/mol. The molecular formula is C19H16ClN3O3. The molecule has 0 atom stereocenters. The Morgan fingerprint density at radius 2 is 1.85 bits per heavy atom. The van der Waals surface area contributed by atoms with Crippen LogP contribution >= 0.6 is 11.6 Å². The van der Waals surface area contributed by atoms with Gasteiger partial charge in [0.2, 0.25) is 0 Å². The summed E-state index contributed by atoms with van der Waals surface area (Å²) in [6, 6.07) is 13.2. The smallest absolute Gasteiger partial charge is 0.294 e. The zero-order chi connectivity index (χ0) is 18.8. The van der Waals surface area contributed by atoms with Crippen molar-refractivity contribution in [3.8, 4) is 5.69 Å². The van der Waals surface area contributed by atoms with E-state index < -0.39 is 4.92 Å². The topological polar surface area (TPSA) is 78.0 Å². The number of carbonyl (C=O) groups is 1. The molecule has 0 aliphatic rings. The molecule has 0 saturated heterocycles. The molecule has 0 fully saturated rings. The Kier molecular flexibility index (Phi) is 4.86. The van der Waals surface area contributed by atoms with E-state index in [4.69, 9.17) is 11.6 Å². The summed E-state index contributed by atoms with van der Waals surface area (Å²) in [6.45, 7) is 3.64. The van der Waals surface area contributed by atoms with E-state index in [2.05, 4.69) is 5.10 Å². The summed E-state index contributed by atoms with van der Waals surface area (Å²) in [6.07, 6.45) is 0.146. The lowest BCUT2D eigenvalue weighted by atomic mass is 10.0.